The second-order valence-corrected chi connectivity index (χ2v) is 6.85. The number of hydrogen-bond donors (Lipinski definition) is 0. The van der Waals surface area contributed by atoms with Gasteiger partial charge >= 0.3 is 0 Å². The van der Waals surface area contributed by atoms with Crippen molar-refractivity contribution in [3.8, 4) is 17.0 Å². The van der Waals surface area contributed by atoms with Crippen LogP contribution < -0.4 is 4.74 Å². The lowest BCUT2D eigenvalue weighted by molar-refractivity contribution is 0.397. The maximum absolute atomic E-state index is 5.24. The zero-order chi connectivity index (χ0) is 17.6. The largest absolute Gasteiger partial charge is 0.481 e. The lowest BCUT2D eigenvalue weighted by atomic mass is 10.0. The minimum Gasteiger partial charge on any atom is -0.481 e. The van der Waals surface area contributed by atoms with Gasteiger partial charge in [-0.25, -0.2) is 15.0 Å². The Hall–Kier alpha value is -2.43. The first-order valence-electron chi connectivity index (χ1n) is 9.01. The van der Waals surface area contributed by atoms with Crippen LogP contribution in [0.4, 0.5) is 0 Å². The van der Waals surface area contributed by atoms with Crippen molar-refractivity contribution in [1.29, 1.82) is 0 Å². The van der Waals surface area contributed by atoms with E-state index in [9.17, 15) is 0 Å². The van der Waals surface area contributed by atoms with Gasteiger partial charge in [0.05, 0.1) is 7.11 Å². The average Bonchev–Trinajstić information content (AvgIpc) is 3.40. The van der Waals surface area contributed by atoms with Gasteiger partial charge in [-0.05, 0) is 44.7 Å². The monoisotopic (exact) mass is 336 g/mol. The average molecular weight is 336 g/mol. The Morgan fingerprint density at radius 2 is 2.00 bits per heavy atom. The molecule has 1 aliphatic carbocycles. The number of aryl methyl sites for hydroxylation is 2. The van der Waals surface area contributed by atoms with Crippen LogP contribution in [0, 0.1) is 12.8 Å². The first-order chi connectivity index (χ1) is 12.1. The number of nitrogens with zero attached hydrogens (tertiary/aromatic N) is 4. The molecule has 1 atom stereocenters. The maximum Gasteiger partial charge on any atom is 0.213 e. The van der Waals surface area contributed by atoms with Crippen molar-refractivity contribution in [2.45, 2.75) is 46.1 Å². The fourth-order valence-corrected chi connectivity index (χ4v) is 3.66. The Morgan fingerprint density at radius 1 is 1.20 bits per heavy atom. The van der Waals surface area contributed by atoms with Crippen LogP contribution in [-0.2, 0) is 6.42 Å². The molecule has 0 aliphatic heterocycles. The van der Waals surface area contributed by atoms with Gasteiger partial charge in [-0.15, -0.1) is 0 Å². The van der Waals surface area contributed by atoms with Crippen LogP contribution in [0.5, 0.6) is 5.88 Å². The lowest BCUT2D eigenvalue weighted by Gasteiger charge is -2.16. The maximum atomic E-state index is 5.24. The summed E-state index contributed by atoms with van der Waals surface area (Å²) in [5.74, 6) is 2.51. The molecule has 0 aromatic carbocycles. The van der Waals surface area contributed by atoms with E-state index < -0.39 is 0 Å². The van der Waals surface area contributed by atoms with E-state index in [1.165, 1.54) is 12.8 Å². The second-order valence-electron chi connectivity index (χ2n) is 6.85. The van der Waals surface area contributed by atoms with Crippen LogP contribution in [0.1, 0.15) is 44.2 Å². The Bertz CT molecular complexity index is 927. The summed E-state index contributed by atoms with van der Waals surface area (Å²) >= 11 is 0. The van der Waals surface area contributed by atoms with Gasteiger partial charge in [0.15, 0.2) is 5.65 Å². The van der Waals surface area contributed by atoms with Gasteiger partial charge in [0, 0.05) is 41.5 Å². The highest BCUT2D eigenvalue weighted by Crippen LogP contribution is 2.42. The molecule has 1 saturated carbocycles. The van der Waals surface area contributed by atoms with Gasteiger partial charge in [-0.1, -0.05) is 6.92 Å². The van der Waals surface area contributed by atoms with E-state index in [2.05, 4.69) is 34.4 Å². The van der Waals surface area contributed by atoms with Gasteiger partial charge in [-0.3, -0.25) is 0 Å². The molecule has 4 rings (SSSR count). The van der Waals surface area contributed by atoms with Gasteiger partial charge in [0.2, 0.25) is 5.88 Å². The molecule has 3 aromatic heterocycles. The summed E-state index contributed by atoms with van der Waals surface area (Å²) in [6.07, 6.45) is 5.42. The number of methoxy groups -OCH3 is 1. The van der Waals surface area contributed by atoms with Crippen molar-refractivity contribution in [3.63, 3.8) is 0 Å². The molecule has 0 bridgehead atoms. The van der Waals surface area contributed by atoms with E-state index in [1.807, 2.05) is 25.3 Å². The minimum absolute atomic E-state index is 0.456. The van der Waals surface area contributed by atoms with Crippen molar-refractivity contribution >= 4 is 11.2 Å². The molecule has 5 nitrogen and oxygen atoms in total. The predicted molar refractivity (Wildman–Crippen MR) is 98.9 cm³/mol. The molecule has 1 aliphatic rings. The fraction of sp³-hybridized carbons (Fsp3) is 0.450. The van der Waals surface area contributed by atoms with Crippen molar-refractivity contribution in [1.82, 2.24) is 19.5 Å². The van der Waals surface area contributed by atoms with Crippen molar-refractivity contribution in [3.05, 3.63) is 35.9 Å². The minimum atomic E-state index is 0.456. The summed E-state index contributed by atoms with van der Waals surface area (Å²) in [6, 6.07) is 6.46. The summed E-state index contributed by atoms with van der Waals surface area (Å²) in [5, 5.41) is 0. The summed E-state index contributed by atoms with van der Waals surface area (Å²) < 4.78 is 7.59. The molecule has 0 spiro atoms. The Labute approximate surface area is 148 Å². The van der Waals surface area contributed by atoms with Gasteiger partial charge in [-0.2, -0.15) is 0 Å². The number of aromatic nitrogens is 4. The molecular formula is C20H24N4O. The van der Waals surface area contributed by atoms with Crippen LogP contribution in [0.25, 0.3) is 22.3 Å². The lowest BCUT2D eigenvalue weighted by Crippen LogP contribution is -2.11. The Morgan fingerprint density at radius 3 is 2.64 bits per heavy atom. The van der Waals surface area contributed by atoms with Gasteiger partial charge in [0.1, 0.15) is 11.3 Å². The molecule has 1 fully saturated rings. The molecule has 0 radical (unpaired) electrons. The zero-order valence-electron chi connectivity index (χ0n) is 15.3. The molecular weight excluding hydrogens is 312 g/mol. The van der Waals surface area contributed by atoms with Gasteiger partial charge < -0.3 is 9.30 Å². The van der Waals surface area contributed by atoms with E-state index in [4.69, 9.17) is 9.72 Å². The quantitative estimate of drug-likeness (QED) is 0.695. The first-order valence-corrected chi connectivity index (χ1v) is 9.01. The first kappa shape index (κ1) is 16.1. The molecule has 0 N–H and O–H groups in total. The highest BCUT2D eigenvalue weighted by molar-refractivity contribution is 5.91. The van der Waals surface area contributed by atoms with Crippen LogP contribution in [0.3, 0.4) is 0 Å². The van der Waals surface area contributed by atoms with Crippen LogP contribution in [0.15, 0.2) is 24.4 Å². The Kier molecular flexibility index (Phi) is 3.94. The van der Waals surface area contributed by atoms with Crippen molar-refractivity contribution in [2.75, 3.05) is 7.11 Å². The number of rotatable bonds is 5. The third kappa shape index (κ3) is 2.68. The van der Waals surface area contributed by atoms with Crippen molar-refractivity contribution < 1.29 is 4.74 Å². The number of pyridine rings is 2. The van der Waals surface area contributed by atoms with Gasteiger partial charge in [0.25, 0.3) is 0 Å². The topological polar surface area (TPSA) is 52.8 Å². The van der Waals surface area contributed by atoms with Crippen molar-refractivity contribution in [2.24, 2.45) is 5.92 Å². The number of hydrogen-bond acceptors (Lipinski definition) is 4. The SMILES string of the molecule is CCc1nc2c(-c3ccc(OC)nc3C)ccnc2n1C(C)C1CC1. The number of fused-ring (bicyclic) bond motifs is 1. The summed E-state index contributed by atoms with van der Waals surface area (Å²) in [6.45, 7) is 6.47. The molecule has 0 saturated heterocycles. The number of ether oxygens (including phenoxy) is 1. The van der Waals surface area contributed by atoms with Crippen LogP contribution in [-0.4, -0.2) is 26.6 Å². The highest BCUT2D eigenvalue weighted by atomic mass is 16.5. The standard InChI is InChI=1S/C20H24N4O/c1-5-17-23-19-16(15-8-9-18(25-4)22-12(15)2)10-11-21-20(19)24(17)13(3)14-6-7-14/h8-11,13-14H,5-7H2,1-4H3. The van der Waals surface area contributed by atoms with E-state index in [-0.39, 0.29) is 0 Å². The molecule has 25 heavy (non-hydrogen) atoms. The predicted octanol–water partition coefficient (Wildman–Crippen LogP) is 4.34. The summed E-state index contributed by atoms with van der Waals surface area (Å²) in [4.78, 5) is 14.2. The fourth-order valence-electron chi connectivity index (χ4n) is 3.66. The smallest absolute Gasteiger partial charge is 0.213 e. The molecule has 3 heterocycles. The third-order valence-electron chi connectivity index (χ3n) is 5.24. The molecule has 5 heteroatoms. The van der Waals surface area contributed by atoms with E-state index in [0.717, 1.165) is 46.1 Å². The highest BCUT2D eigenvalue weighted by Gasteiger charge is 2.32. The summed E-state index contributed by atoms with van der Waals surface area (Å²) in [5.41, 5.74) is 5.08. The van der Waals surface area contributed by atoms with E-state index >= 15 is 0 Å². The van der Waals surface area contributed by atoms with E-state index in [1.54, 1.807) is 7.11 Å². The zero-order valence-corrected chi connectivity index (χ0v) is 15.3. The Balaban J connectivity index is 1.91. The second kappa shape index (κ2) is 6.14. The normalized spacial score (nSPS) is 15.5. The number of imidazole rings is 1. The van der Waals surface area contributed by atoms with E-state index in [0.29, 0.717) is 11.9 Å². The molecule has 3 aromatic rings. The van der Waals surface area contributed by atoms with Crippen LogP contribution >= 0.6 is 0 Å². The summed E-state index contributed by atoms with van der Waals surface area (Å²) in [7, 11) is 1.64. The molecule has 0 amide bonds. The third-order valence-corrected chi connectivity index (χ3v) is 5.24. The van der Waals surface area contributed by atoms with Crippen LogP contribution in [0.2, 0.25) is 0 Å². The molecule has 130 valence electrons. The molecule has 1 unspecified atom stereocenters.